The van der Waals surface area contributed by atoms with Crippen LogP contribution in [0.5, 0.6) is 5.75 Å². The Kier molecular flexibility index (Phi) is 5.12. The van der Waals surface area contributed by atoms with Gasteiger partial charge in [0, 0.05) is 12.3 Å². The van der Waals surface area contributed by atoms with Crippen molar-refractivity contribution >= 4 is 5.78 Å². The van der Waals surface area contributed by atoms with Crippen LogP contribution in [0.3, 0.4) is 0 Å². The summed E-state index contributed by atoms with van der Waals surface area (Å²) in [4.78, 5) is 12.4. The van der Waals surface area contributed by atoms with Crippen LogP contribution in [0.1, 0.15) is 31.2 Å². The molecule has 0 aliphatic heterocycles. The van der Waals surface area contributed by atoms with E-state index in [4.69, 9.17) is 10.5 Å². The molecule has 1 aromatic rings. The molecule has 110 valence electrons. The summed E-state index contributed by atoms with van der Waals surface area (Å²) in [6.07, 6.45) is 4.47. The molecule has 0 amide bonds. The Morgan fingerprint density at radius 3 is 2.80 bits per heavy atom. The molecule has 2 N–H and O–H groups in total. The average molecular weight is 279 g/mol. The van der Waals surface area contributed by atoms with Crippen LogP contribution in [-0.2, 0) is 11.2 Å². The minimum Gasteiger partial charge on any atom is -0.494 e. The van der Waals surface area contributed by atoms with Gasteiger partial charge in [0.25, 0.3) is 0 Å². The van der Waals surface area contributed by atoms with Crippen molar-refractivity contribution in [3.05, 3.63) is 29.6 Å². The monoisotopic (exact) mass is 279 g/mol. The average Bonchev–Trinajstić information content (AvgIpc) is 2.47. The van der Waals surface area contributed by atoms with Crippen LogP contribution < -0.4 is 10.5 Å². The third-order valence-corrected chi connectivity index (χ3v) is 4.22. The topological polar surface area (TPSA) is 52.3 Å². The maximum Gasteiger partial charge on any atom is 0.165 e. The van der Waals surface area contributed by atoms with Crippen molar-refractivity contribution in [3.8, 4) is 5.75 Å². The highest BCUT2D eigenvalue weighted by Gasteiger charge is 2.29. The van der Waals surface area contributed by atoms with E-state index in [0.717, 1.165) is 25.7 Å². The van der Waals surface area contributed by atoms with E-state index in [2.05, 4.69) is 0 Å². The smallest absolute Gasteiger partial charge is 0.165 e. The Morgan fingerprint density at radius 1 is 1.40 bits per heavy atom. The van der Waals surface area contributed by atoms with Crippen LogP contribution >= 0.6 is 0 Å². The molecule has 1 aliphatic rings. The Bertz CT molecular complexity index is 476. The second-order valence-electron chi connectivity index (χ2n) is 5.50. The van der Waals surface area contributed by atoms with E-state index in [1.807, 2.05) is 0 Å². The molecule has 0 saturated heterocycles. The molecule has 0 spiro atoms. The molecule has 0 heterocycles. The van der Waals surface area contributed by atoms with Gasteiger partial charge in [-0.15, -0.1) is 0 Å². The van der Waals surface area contributed by atoms with Gasteiger partial charge in [-0.25, -0.2) is 4.39 Å². The van der Waals surface area contributed by atoms with Gasteiger partial charge in [-0.1, -0.05) is 18.9 Å². The highest BCUT2D eigenvalue weighted by Crippen LogP contribution is 2.31. The highest BCUT2D eigenvalue weighted by molar-refractivity contribution is 5.83. The molecule has 3 nitrogen and oxygen atoms in total. The number of hydrogen-bond donors (Lipinski definition) is 1. The minimum absolute atomic E-state index is 0.0407. The van der Waals surface area contributed by atoms with E-state index >= 15 is 0 Å². The zero-order chi connectivity index (χ0) is 14.5. The summed E-state index contributed by atoms with van der Waals surface area (Å²) in [5, 5.41) is 0. The van der Waals surface area contributed by atoms with Crippen molar-refractivity contribution in [2.24, 2.45) is 17.6 Å². The Labute approximate surface area is 119 Å². The van der Waals surface area contributed by atoms with Gasteiger partial charge in [0.1, 0.15) is 5.78 Å². The normalized spacial score (nSPS) is 22.6. The number of Topliss-reactive ketones (excluding diaryl/α,β-unsaturated/α-hetero) is 1. The molecule has 2 rings (SSSR count). The Hall–Kier alpha value is -1.42. The maximum absolute atomic E-state index is 13.6. The Morgan fingerprint density at radius 2 is 2.15 bits per heavy atom. The summed E-state index contributed by atoms with van der Waals surface area (Å²) in [6, 6.07) is 4.70. The van der Waals surface area contributed by atoms with Crippen LogP contribution in [0.15, 0.2) is 18.2 Å². The summed E-state index contributed by atoms with van der Waals surface area (Å²) < 4.78 is 18.5. The van der Waals surface area contributed by atoms with Gasteiger partial charge >= 0.3 is 0 Å². The molecule has 20 heavy (non-hydrogen) atoms. The molecular weight excluding hydrogens is 257 g/mol. The lowest BCUT2D eigenvalue weighted by atomic mass is 9.76. The molecule has 2 atom stereocenters. The van der Waals surface area contributed by atoms with E-state index in [9.17, 15) is 9.18 Å². The molecule has 2 unspecified atom stereocenters. The lowest BCUT2D eigenvalue weighted by molar-refractivity contribution is -0.124. The van der Waals surface area contributed by atoms with Gasteiger partial charge in [0.15, 0.2) is 11.6 Å². The fraction of sp³-hybridized carbons (Fsp3) is 0.562. The molecule has 1 fully saturated rings. The molecule has 4 heteroatoms. The molecule has 1 aliphatic carbocycles. The molecule has 1 saturated carbocycles. The van der Waals surface area contributed by atoms with Crippen LogP contribution in [0.25, 0.3) is 0 Å². The first kappa shape index (κ1) is 15.0. The van der Waals surface area contributed by atoms with Crippen LogP contribution in [0.4, 0.5) is 4.39 Å². The zero-order valence-corrected chi connectivity index (χ0v) is 11.9. The van der Waals surface area contributed by atoms with Crippen molar-refractivity contribution in [3.63, 3.8) is 0 Å². The lowest BCUT2D eigenvalue weighted by Gasteiger charge is -2.29. The van der Waals surface area contributed by atoms with Gasteiger partial charge in [-0.2, -0.15) is 0 Å². The molecule has 0 aromatic heterocycles. The third kappa shape index (κ3) is 3.37. The summed E-state index contributed by atoms with van der Waals surface area (Å²) in [6.45, 7) is 0.563. The number of carbonyl (C=O) groups is 1. The predicted molar refractivity (Wildman–Crippen MR) is 76.2 cm³/mol. The summed E-state index contributed by atoms with van der Waals surface area (Å²) >= 11 is 0. The quantitative estimate of drug-likeness (QED) is 0.901. The number of benzene rings is 1. The SMILES string of the molecule is COc1ccc(CC(=O)C2CCCCC2CN)cc1F. The second-order valence-corrected chi connectivity index (χ2v) is 5.50. The van der Waals surface area contributed by atoms with E-state index in [1.54, 1.807) is 12.1 Å². The standard InChI is InChI=1S/C16H22FNO2/c1-20-16-7-6-11(8-14(16)17)9-15(19)13-5-3-2-4-12(13)10-18/h6-8,12-13H,2-5,9-10,18H2,1H3. The largest absolute Gasteiger partial charge is 0.494 e. The molecular formula is C16H22FNO2. The highest BCUT2D eigenvalue weighted by atomic mass is 19.1. The van der Waals surface area contributed by atoms with Crippen molar-refractivity contribution in [2.75, 3.05) is 13.7 Å². The van der Waals surface area contributed by atoms with E-state index in [-0.39, 0.29) is 23.9 Å². The number of ether oxygens (including phenoxy) is 1. The molecule has 1 aromatic carbocycles. The predicted octanol–water partition coefficient (Wildman–Crippen LogP) is 2.71. The second kappa shape index (κ2) is 6.84. The summed E-state index contributed by atoms with van der Waals surface area (Å²) in [5.74, 6) is 0.304. The number of nitrogens with two attached hydrogens (primary N) is 1. The fourth-order valence-electron chi connectivity index (χ4n) is 3.07. The van der Waals surface area contributed by atoms with Crippen molar-refractivity contribution in [1.82, 2.24) is 0 Å². The molecule has 0 bridgehead atoms. The van der Waals surface area contributed by atoms with Crippen molar-refractivity contribution < 1.29 is 13.9 Å². The minimum atomic E-state index is -0.420. The van der Waals surface area contributed by atoms with Gasteiger partial charge in [0.2, 0.25) is 0 Å². The van der Waals surface area contributed by atoms with E-state index in [1.165, 1.54) is 13.2 Å². The zero-order valence-electron chi connectivity index (χ0n) is 11.9. The van der Waals surface area contributed by atoms with E-state index < -0.39 is 5.82 Å². The number of methoxy groups -OCH3 is 1. The summed E-state index contributed by atoms with van der Waals surface area (Å²) in [5.41, 5.74) is 6.46. The number of carbonyl (C=O) groups excluding carboxylic acids is 1. The summed E-state index contributed by atoms with van der Waals surface area (Å²) in [7, 11) is 1.43. The first-order valence-corrected chi connectivity index (χ1v) is 7.21. The van der Waals surface area contributed by atoms with Crippen molar-refractivity contribution in [2.45, 2.75) is 32.1 Å². The first-order valence-electron chi connectivity index (χ1n) is 7.21. The van der Waals surface area contributed by atoms with Gasteiger partial charge in [-0.05, 0) is 43.0 Å². The number of rotatable bonds is 5. The Balaban J connectivity index is 2.05. The third-order valence-electron chi connectivity index (χ3n) is 4.22. The van der Waals surface area contributed by atoms with Gasteiger partial charge in [-0.3, -0.25) is 4.79 Å². The first-order chi connectivity index (χ1) is 9.65. The number of halogens is 1. The van der Waals surface area contributed by atoms with Crippen LogP contribution in [-0.4, -0.2) is 19.4 Å². The van der Waals surface area contributed by atoms with Crippen LogP contribution in [0.2, 0.25) is 0 Å². The molecule has 0 radical (unpaired) electrons. The van der Waals surface area contributed by atoms with Crippen molar-refractivity contribution in [1.29, 1.82) is 0 Å². The number of hydrogen-bond acceptors (Lipinski definition) is 3. The lowest BCUT2D eigenvalue weighted by Crippen LogP contribution is -2.33. The fourth-order valence-corrected chi connectivity index (χ4v) is 3.07. The van der Waals surface area contributed by atoms with Gasteiger partial charge in [0.05, 0.1) is 7.11 Å². The van der Waals surface area contributed by atoms with Gasteiger partial charge < -0.3 is 10.5 Å². The maximum atomic E-state index is 13.6. The van der Waals surface area contributed by atoms with Crippen LogP contribution in [0, 0.1) is 17.7 Å². The number of ketones is 1. The van der Waals surface area contributed by atoms with E-state index in [0.29, 0.717) is 18.0 Å².